The Bertz CT molecular complexity index is 245. The normalized spacial score (nSPS) is 9.45. The summed E-state index contributed by atoms with van der Waals surface area (Å²) in [6.45, 7) is 3.55. The standard InChI is InChI=1S/C9H9OS/c1-2-7-11-9-6-4-3-5-8(9)10/h2-7,10H,1H2. The summed E-state index contributed by atoms with van der Waals surface area (Å²) in [7, 11) is 0. The average Bonchev–Trinajstić information content (AvgIpc) is 2.03. The first-order chi connectivity index (χ1) is 5.34. The van der Waals surface area contributed by atoms with E-state index in [9.17, 15) is 5.11 Å². The number of phenolic OH excluding ortho intramolecular Hbond substituents is 1. The lowest BCUT2D eigenvalue weighted by Gasteiger charge is -1.99. The molecule has 0 saturated carbocycles. The highest BCUT2D eigenvalue weighted by Gasteiger charge is 1.96. The molecule has 0 amide bonds. The predicted molar refractivity (Wildman–Crippen MR) is 48.5 cm³/mol. The molecule has 0 saturated heterocycles. The van der Waals surface area contributed by atoms with Gasteiger partial charge in [0.05, 0.1) is 0 Å². The lowest BCUT2D eigenvalue weighted by molar-refractivity contribution is 0.462. The molecule has 0 aliphatic rings. The number of rotatable bonds is 3. The van der Waals surface area contributed by atoms with E-state index in [0.29, 0.717) is 5.75 Å². The van der Waals surface area contributed by atoms with Crippen LogP contribution in [0.15, 0.2) is 41.8 Å². The zero-order valence-corrected chi connectivity index (χ0v) is 6.84. The molecule has 2 heteroatoms. The maximum absolute atomic E-state index is 9.26. The van der Waals surface area contributed by atoms with Gasteiger partial charge in [0, 0.05) is 10.6 Å². The number of hydrogen-bond acceptors (Lipinski definition) is 2. The minimum Gasteiger partial charge on any atom is -0.507 e. The second-order valence-corrected chi connectivity index (χ2v) is 2.91. The molecule has 0 spiro atoms. The highest BCUT2D eigenvalue weighted by molar-refractivity contribution is 8.01. The van der Waals surface area contributed by atoms with E-state index in [1.807, 2.05) is 17.9 Å². The van der Waals surface area contributed by atoms with Gasteiger partial charge in [0.25, 0.3) is 0 Å². The fourth-order valence-corrected chi connectivity index (χ4v) is 1.27. The zero-order valence-electron chi connectivity index (χ0n) is 6.03. The van der Waals surface area contributed by atoms with Crippen molar-refractivity contribution in [1.29, 1.82) is 0 Å². The monoisotopic (exact) mass is 165 g/mol. The van der Waals surface area contributed by atoms with Gasteiger partial charge >= 0.3 is 0 Å². The topological polar surface area (TPSA) is 20.2 Å². The molecular formula is C9H9OS. The van der Waals surface area contributed by atoms with E-state index in [1.165, 1.54) is 11.8 Å². The molecule has 0 aromatic heterocycles. The first kappa shape index (κ1) is 8.21. The third-order valence-corrected chi connectivity index (χ3v) is 2.08. The molecule has 0 atom stereocenters. The van der Waals surface area contributed by atoms with Crippen LogP contribution in [0.1, 0.15) is 0 Å². The van der Waals surface area contributed by atoms with Gasteiger partial charge in [0.2, 0.25) is 0 Å². The average molecular weight is 165 g/mol. The molecule has 1 rings (SSSR count). The van der Waals surface area contributed by atoms with Gasteiger partial charge < -0.3 is 5.11 Å². The summed E-state index contributed by atoms with van der Waals surface area (Å²) in [5, 5.41) is 9.26. The number of hydrogen-bond donors (Lipinski definition) is 1. The number of benzene rings is 1. The minimum atomic E-state index is 0.315. The third kappa shape index (κ3) is 2.31. The second-order valence-electron chi connectivity index (χ2n) is 1.96. The van der Waals surface area contributed by atoms with Crippen LogP contribution in [-0.4, -0.2) is 5.11 Å². The van der Waals surface area contributed by atoms with E-state index in [-0.39, 0.29) is 0 Å². The summed E-state index contributed by atoms with van der Waals surface area (Å²) >= 11 is 1.45. The maximum Gasteiger partial charge on any atom is 0.129 e. The molecule has 0 fully saturated rings. The molecule has 11 heavy (non-hydrogen) atoms. The Morgan fingerprint density at radius 1 is 1.36 bits per heavy atom. The van der Waals surface area contributed by atoms with Crippen molar-refractivity contribution in [2.45, 2.75) is 4.90 Å². The van der Waals surface area contributed by atoms with Crippen molar-refractivity contribution in [2.24, 2.45) is 0 Å². The molecular weight excluding hydrogens is 156 g/mol. The second kappa shape index (κ2) is 4.09. The van der Waals surface area contributed by atoms with Crippen LogP contribution in [0.25, 0.3) is 0 Å². The van der Waals surface area contributed by atoms with Crippen LogP contribution in [0.2, 0.25) is 0 Å². The summed E-state index contributed by atoms with van der Waals surface area (Å²) < 4.78 is 0. The molecule has 0 aliphatic carbocycles. The Morgan fingerprint density at radius 2 is 2.09 bits per heavy atom. The summed E-state index contributed by atoms with van der Waals surface area (Å²) in [5.41, 5.74) is 0. The van der Waals surface area contributed by atoms with Gasteiger partial charge in [-0.3, -0.25) is 0 Å². The minimum absolute atomic E-state index is 0.315. The van der Waals surface area contributed by atoms with Crippen molar-refractivity contribution >= 4 is 11.8 Å². The predicted octanol–water partition coefficient (Wildman–Crippen LogP) is 2.83. The lowest BCUT2D eigenvalue weighted by atomic mass is 10.3. The largest absolute Gasteiger partial charge is 0.507 e. The Balaban J connectivity index is 2.69. The van der Waals surface area contributed by atoms with Crippen LogP contribution < -0.4 is 0 Å². The fourth-order valence-electron chi connectivity index (χ4n) is 0.678. The molecule has 0 heterocycles. The van der Waals surface area contributed by atoms with Gasteiger partial charge in [-0.25, -0.2) is 0 Å². The summed E-state index contributed by atoms with van der Waals surface area (Å²) in [6.07, 6.45) is 1.69. The quantitative estimate of drug-likeness (QED) is 0.695. The number of phenols is 1. The van der Waals surface area contributed by atoms with E-state index >= 15 is 0 Å². The van der Waals surface area contributed by atoms with E-state index in [1.54, 1.807) is 18.2 Å². The van der Waals surface area contributed by atoms with Gasteiger partial charge in [-0.15, -0.1) is 18.3 Å². The number of aromatic hydroxyl groups is 1. The van der Waals surface area contributed by atoms with Crippen molar-refractivity contribution in [3.63, 3.8) is 0 Å². The van der Waals surface area contributed by atoms with Gasteiger partial charge in [-0.2, -0.15) is 0 Å². The maximum atomic E-state index is 9.26. The molecule has 1 radical (unpaired) electrons. The van der Waals surface area contributed by atoms with E-state index in [4.69, 9.17) is 0 Å². The van der Waals surface area contributed by atoms with Crippen LogP contribution in [0.4, 0.5) is 0 Å². The first-order valence-corrected chi connectivity index (χ1v) is 4.11. The van der Waals surface area contributed by atoms with E-state index in [0.717, 1.165) is 4.90 Å². The van der Waals surface area contributed by atoms with Crippen molar-refractivity contribution in [3.05, 3.63) is 42.7 Å². The van der Waals surface area contributed by atoms with E-state index < -0.39 is 0 Å². The SMILES string of the molecule is C=C[CH]Sc1ccccc1O. The molecule has 1 N–H and O–H groups in total. The van der Waals surface area contributed by atoms with Gasteiger partial charge in [0.15, 0.2) is 0 Å². The Hall–Kier alpha value is -0.890. The van der Waals surface area contributed by atoms with Gasteiger partial charge in [-0.1, -0.05) is 18.2 Å². The highest BCUT2D eigenvalue weighted by atomic mass is 32.2. The number of thioether (sulfide) groups is 1. The molecule has 1 nitrogen and oxygen atoms in total. The lowest BCUT2D eigenvalue weighted by Crippen LogP contribution is -1.70. The van der Waals surface area contributed by atoms with Crippen LogP contribution in [0, 0.1) is 5.75 Å². The number of para-hydroxylation sites is 1. The molecule has 57 valence electrons. The Labute approximate surface area is 70.8 Å². The molecule has 0 aliphatic heterocycles. The van der Waals surface area contributed by atoms with Crippen LogP contribution in [0.3, 0.4) is 0 Å². The van der Waals surface area contributed by atoms with Gasteiger partial charge in [0.1, 0.15) is 5.75 Å². The third-order valence-electron chi connectivity index (χ3n) is 1.16. The smallest absolute Gasteiger partial charge is 0.129 e. The van der Waals surface area contributed by atoms with Crippen LogP contribution >= 0.6 is 11.8 Å². The highest BCUT2D eigenvalue weighted by Crippen LogP contribution is 2.29. The molecule has 0 bridgehead atoms. The first-order valence-electron chi connectivity index (χ1n) is 3.23. The molecule has 0 unspecified atom stereocenters. The summed E-state index contributed by atoms with van der Waals surface area (Å²) in [4.78, 5) is 0.854. The van der Waals surface area contributed by atoms with Crippen molar-refractivity contribution < 1.29 is 5.11 Å². The van der Waals surface area contributed by atoms with Crippen molar-refractivity contribution in [1.82, 2.24) is 0 Å². The van der Waals surface area contributed by atoms with Crippen LogP contribution in [0.5, 0.6) is 5.75 Å². The van der Waals surface area contributed by atoms with Gasteiger partial charge in [-0.05, 0) is 12.1 Å². The van der Waals surface area contributed by atoms with Crippen LogP contribution in [-0.2, 0) is 0 Å². The van der Waals surface area contributed by atoms with E-state index in [2.05, 4.69) is 6.58 Å². The summed E-state index contributed by atoms with van der Waals surface area (Å²) in [5.74, 6) is 2.14. The summed E-state index contributed by atoms with van der Waals surface area (Å²) in [6, 6.07) is 7.21. The van der Waals surface area contributed by atoms with Crippen molar-refractivity contribution in [3.8, 4) is 5.75 Å². The molecule has 1 aromatic rings. The zero-order chi connectivity index (χ0) is 8.10. The van der Waals surface area contributed by atoms with Crippen molar-refractivity contribution in [2.75, 3.05) is 0 Å². The Kier molecular flexibility index (Phi) is 3.05. The Morgan fingerprint density at radius 3 is 2.73 bits per heavy atom. The molecule has 1 aromatic carbocycles. The fraction of sp³-hybridized carbons (Fsp3) is 0.